The minimum Gasteiger partial charge on any atom is -0.493 e. The van der Waals surface area contributed by atoms with Crippen LogP contribution in [0.4, 0.5) is 4.39 Å². The van der Waals surface area contributed by atoms with Gasteiger partial charge in [-0.25, -0.2) is 9.37 Å². The Bertz CT molecular complexity index is 1070. The summed E-state index contributed by atoms with van der Waals surface area (Å²) in [4.78, 5) is 15.4. The highest BCUT2D eigenvalue weighted by Crippen LogP contribution is 2.28. The van der Waals surface area contributed by atoms with Gasteiger partial charge in [-0.1, -0.05) is 24.3 Å². The number of alkyl halides is 1. The van der Waals surface area contributed by atoms with Crippen LogP contribution in [-0.2, 0) is 28.2 Å². The van der Waals surface area contributed by atoms with E-state index < -0.39 is 5.67 Å². The molecule has 0 amide bonds. The van der Waals surface area contributed by atoms with Crippen LogP contribution in [0.2, 0.25) is 0 Å². The molecule has 188 valence electrons. The molecule has 1 fully saturated rings. The molecular formula is C27H33FN2O5. The van der Waals surface area contributed by atoms with Crippen LogP contribution in [-0.4, -0.2) is 54.4 Å². The maximum Gasteiger partial charge on any atom is 0.290 e. The molecule has 8 heteroatoms. The van der Waals surface area contributed by atoms with Gasteiger partial charge in [0.05, 0.1) is 25.5 Å². The van der Waals surface area contributed by atoms with Gasteiger partial charge in [-0.15, -0.1) is 0 Å². The Morgan fingerprint density at radius 2 is 1.86 bits per heavy atom. The molecule has 1 N–H and O–H groups in total. The average Bonchev–Trinajstić information content (AvgIpc) is 3.20. The molecule has 1 aromatic heterocycles. The van der Waals surface area contributed by atoms with Crippen molar-refractivity contribution in [3.8, 4) is 17.2 Å². The summed E-state index contributed by atoms with van der Waals surface area (Å²) < 4.78 is 31.4. The number of carbonyl (C=O) groups is 1. The van der Waals surface area contributed by atoms with Crippen molar-refractivity contribution >= 4 is 6.47 Å². The van der Waals surface area contributed by atoms with Gasteiger partial charge in [-0.3, -0.25) is 9.69 Å². The second-order valence-corrected chi connectivity index (χ2v) is 8.81. The molecule has 3 aromatic rings. The predicted molar refractivity (Wildman–Crippen MR) is 131 cm³/mol. The van der Waals surface area contributed by atoms with Gasteiger partial charge in [0.15, 0.2) is 0 Å². The van der Waals surface area contributed by atoms with E-state index in [4.69, 9.17) is 23.8 Å². The van der Waals surface area contributed by atoms with Gasteiger partial charge in [-0.05, 0) is 56.2 Å². The summed E-state index contributed by atoms with van der Waals surface area (Å²) >= 11 is 0. The maximum atomic E-state index is 14.1. The third-order valence-electron chi connectivity index (χ3n) is 5.73. The van der Waals surface area contributed by atoms with E-state index in [1.807, 2.05) is 31.2 Å². The maximum absolute atomic E-state index is 14.1. The van der Waals surface area contributed by atoms with Crippen molar-refractivity contribution in [3.05, 3.63) is 71.1 Å². The van der Waals surface area contributed by atoms with Crippen LogP contribution in [0.1, 0.15) is 36.4 Å². The lowest BCUT2D eigenvalue weighted by molar-refractivity contribution is -0.122. The summed E-state index contributed by atoms with van der Waals surface area (Å²) in [6.07, 6.45) is 0.651. The van der Waals surface area contributed by atoms with Crippen molar-refractivity contribution in [1.29, 1.82) is 0 Å². The Kier molecular flexibility index (Phi) is 9.39. The standard InChI is InChI=1S/C26H31FN2O3.CH2O2/c1-19-24(28-25(32-19)21-7-9-22(10-8-21)26(2,3)27)11-14-31-23-6-4-5-20(17-23)18-29-12-15-30-16-13-29;2-1-3/h4-10,17H,11-16,18H2,1-3H3;1H,(H,2,3). The lowest BCUT2D eigenvalue weighted by Gasteiger charge is -2.26. The summed E-state index contributed by atoms with van der Waals surface area (Å²) in [5.74, 6) is 2.19. The van der Waals surface area contributed by atoms with Crippen LogP contribution in [0, 0.1) is 6.92 Å². The predicted octanol–water partition coefficient (Wildman–Crippen LogP) is 5.01. The Labute approximate surface area is 205 Å². The molecule has 4 rings (SSSR count). The Balaban J connectivity index is 0.00000108. The third-order valence-corrected chi connectivity index (χ3v) is 5.73. The van der Waals surface area contributed by atoms with Crippen LogP contribution in [0.25, 0.3) is 11.5 Å². The number of hydrogen-bond donors (Lipinski definition) is 1. The Hall–Kier alpha value is -3.23. The first kappa shape index (κ1) is 26.4. The Morgan fingerprint density at radius 1 is 1.17 bits per heavy atom. The number of rotatable bonds is 8. The highest BCUT2D eigenvalue weighted by molar-refractivity contribution is 5.54. The molecule has 35 heavy (non-hydrogen) atoms. The van der Waals surface area contributed by atoms with Crippen molar-refractivity contribution in [3.63, 3.8) is 0 Å². The smallest absolute Gasteiger partial charge is 0.290 e. The lowest BCUT2D eigenvalue weighted by atomic mass is 9.99. The number of benzene rings is 2. The van der Waals surface area contributed by atoms with Crippen LogP contribution in [0.3, 0.4) is 0 Å². The number of oxazole rings is 1. The number of aromatic nitrogens is 1. The normalized spacial score (nSPS) is 14.2. The molecule has 0 bridgehead atoms. The van der Waals surface area contributed by atoms with E-state index in [1.165, 1.54) is 5.56 Å². The number of aryl methyl sites for hydroxylation is 1. The first-order valence-electron chi connectivity index (χ1n) is 11.7. The van der Waals surface area contributed by atoms with E-state index in [2.05, 4.69) is 22.0 Å². The Morgan fingerprint density at radius 3 is 2.51 bits per heavy atom. The number of nitrogens with zero attached hydrogens (tertiary/aromatic N) is 2. The van der Waals surface area contributed by atoms with Gasteiger partial charge in [-0.2, -0.15) is 0 Å². The molecule has 0 spiro atoms. The fourth-order valence-corrected chi connectivity index (χ4v) is 3.81. The topological polar surface area (TPSA) is 85.0 Å². The van der Waals surface area contributed by atoms with Gasteiger partial charge in [0, 0.05) is 31.6 Å². The van der Waals surface area contributed by atoms with Crippen molar-refractivity contribution in [2.24, 2.45) is 0 Å². The third kappa shape index (κ3) is 7.90. The van der Waals surface area contributed by atoms with E-state index >= 15 is 0 Å². The molecule has 7 nitrogen and oxygen atoms in total. The number of morpholine rings is 1. The van der Waals surface area contributed by atoms with Gasteiger partial charge in [0.2, 0.25) is 5.89 Å². The van der Waals surface area contributed by atoms with E-state index in [0.29, 0.717) is 24.5 Å². The number of halogens is 1. The summed E-state index contributed by atoms with van der Waals surface area (Å²) in [5.41, 5.74) is 2.22. The zero-order valence-electron chi connectivity index (χ0n) is 20.5. The van der Waals surface area contributed by atoms with Gasteiger partial charge in [0.1, 0.15) is 17.2 Å². The summed E-state index contributed by atoms with van der Waals surface area (Å²) in [5, 5.41) is 6.89. The quantitative estimate of drug-likeness (QED) is 0.450. The second-order valence-electron chi connectivity index (χ2n) is 8.81. The largest absolute Gasteiger partial charge is 0.493 e. The van der Waals surface area contributed by atoms with Gasteiger partial charge >= 0.3 is 0 Å². The second kappa shape index (κ2) is 12.5. The highest BCUT2D eigenvalue weighted by Gasteiger charge is 2.19. The number of hydrogen-bond acceptors (Lipinski definition) is 6. The summed E-state index contributed by atoms with van der Waals surface area (Å²) in [6, 6.07) is 15.5. The first-order chi connectivity index (χ1) is 16.8. The average molecular weight is 485 g/mol. The summed E-state index contributed by atoms with van der Waals surface area (Å²) in [6.45, 7) is 9.71. The molecule has 0 radical (unpaired) electrons. The molecule has 1 saturated heterocycles. The van der Waals surface area contributed by atoms with Crippen molar-refractivity contribution in [2.75, 3.05) is 32.9 Å². The molecule has 2 aromatic carbocycles. The molecular weight excluding hydrogens is 451 g/mol. The monoisotopic (exact) mass is 484 g/mol. The zero-order chi connectivity index (χ0) is 25.3. The van der Waals surface area contributed by atoms with Crippen LogP contribution in [0.5, 0.6) is 5.75 Å². The van der Waals surface area contributed by atoms with E-state index in [1.54, 1.807) is 26.0 Å². The zero-order valence-corrected chi connectivity index (χ0v) is 20.5. The minimum atomic E-state index is -1.37. The molecule has 0 aliphatic carbocycles. The molecule has 1 aliphatic rings. The van der Waals surface area contributed by atoms with Crippen LogP contribution < -0.4 is 4.74 Å². The lowest BCUT2D eigenvalue weighted by Crippen LogP contribution is -2.35. The fourth-order valence-electron chi connectivity index (χ4n) is 3.81. The van der Waals surface area contributed by atoms with E-state index in [9.17, 15) is 4.39 Å². The number of ether oxygens (including phenoxy) is 2. The van der Waals surface area contributed by atoms with Crippen LogP contribution in [0.15, 0.2) is 52.9 Å². The van der Waals surface area contributed by atoms with Gasteiger partial charge in [0.25, 0.3) is 6.47 Å². The van der Waals surface area contributed by atoms with Crippen molar-refractivity contribution < 1.29 is 28.2 Å². The highest BCUT2D eigenvalue weighted by atomic mass is 19.1. The number of carboxylic acid groups (broad SMARTS) is 1. The molecule has 0 atom stereocenters. The van der Waals surface area contributed by atoms with Crippen molar-refractivity contribution in [2.45, 2.75) is 39.4 Å². The van der Waals surface area contributed by atoms with E-state index in [0.717, 1.165) is 55.6 Å². The fraction of sp³-hybridized carbons (Fsp3) is 0.407. The van der Waals surface area contributed by atoms with Crippen LogP contribution >= 0.6 is 0 Å². The minimum absolute atomic E-state index is 0.250. The van der Waals surface area contributed by atoms with Gasteiger partial charge < -0.3 is 19.0 Å². The molecule has 0 unspecified atom stereocenters. The first-order valence-corrected chi connectivity index (χ1v) is 11.7. The summed E-state index contributed by atoms with van der Waals surface area (Å²) in [7, 11) is 0. The molecule has 2 heterocycles. The molecule has 0 saturated carbocycles. The van der Waals surface area contributed by atoms with E-state index in [-0.39, 0.29) is 6.47 Å². The van der Waals surface area contributed by atoms with Crippen molar-refractivity contribution in [1.82, 2.24) is 9.88 Å². The molecule has 1 aliphatic heterocycles. The SMILES string of the molecule is Cc1oc(-c2ccc(C(C)(C)F)cc2)nc1CCOc1cccc(CN2CCOCC2)c1.O=CO.